The van der Waals surface area contributed by atoms with Crippen molar-refractivity contribution >= 4 is 43.9 Å². The molecule has 2 heterocycles. The molecule has 6 aromatic rings. The minimum atomic E-state index is -0.459. The van der Waals surface area contributed by atoms with Crippen LogP contribution in [0.1, 0.15) is 0 Å². The molecule has 0 bridgehead atoms. The van der Waals surface area contributed by atoms with Crippen molar-refractivity contribution in [2.75, 3.05) is 0 Å². The van der Waals surface area contributed by atoms with Crippen molar-refractivity contribution in [1.29, 1.82) is 0 Å². The van der Waals surface area contributed by atoms with E-state index in [-0.39, 0.29) is 11.3 Å². The first-order valence-electron chi connectivity index (χ1n) is 8.96. The fourth-order valence-corrected chi connectivity index (χ4v) is 4.06. The number of hydrogen-bond donors (Lipinski definition) is 1. The van der Waals surface area contributed by atoms with Crippen LogP contribution < -0.4 is 0 Å². The fourth-order valence-electron chi connectivity index (χ4n) is 4.06. The van der Waals surface area contributed by atoms with E-state index in [2.05, 4.69) is 0 Å². The van der Waals surface area contributed by atoms with Crippen molar-refractivity contribution in [1.82, 2.24) is 0 Å². The molecule has 0 unspecified atom stereocenters. The molecule has 0 aliphatic carbocycles. The highest BCUT2D eigenvalue weighted by Crippen LogP contribution is 2.46. The zero-order valence-electron chi connectivity index (χ0n) is 14.6. The van der Waals surface area contributed by atoms with Crippen LogP contribution in [0.5, 0.6) is 5.75 Å². The first kappa shape index (κ1) is 15.3. The summed E-state index contributed by atoms with van der Waals surface area (Å²) >= 11 is 0. The van der Waals surface area contributed by atoms with E-state index in [1.165, 1.54) is 12.1 Å². The number of phenols is 1. The second-order valence-corrected chi connectivity index (χ2v) is 6.83. The van der Waals surface area contributed by atoms with E-state index < -0.39 is 5.82 Å². The summed E-state index contributed by atoms with van der Waals surface area (Å²) in [6.45, 7) is 0. The van der Waals surface area contributed by atoms with E-state index in [0.29, 0.717) is 33.3 Å². The molecule has 0 atom stereocenters. The summed E-state index contributed by atoms with van der Waals surface area (Å²) in [5.41, 5.74) is 2.97. The molecular formula is C24H13FO3. The largest absolute Gasteiger partial charge is 0.507 e. The van der Waals surface area contributed by atoms with Gasteiger partial charge >= 0.3 is 0 Å². The van der Waals surface area contributed by atoms with Crippen molar-refractivity contribution in [3.63, 3.8) is 0 Å². The molecule has 4 heteroatoms. The summed E-state index contributed by atoms with van der Waals surface area (Å²) in [4.78, 5) is 0. The first-order valence-corrected chi connectivity index (χ1v) is 8.96. The van der Waals surface area contributed by atoms with Crippen LogP contribution in [0.2, 0.25) is 0 Å². The molecule has 0 aliphatic rings. The molecule has 0 saturated carbocycles. The third kappa shape index (κ3) is 1.92. The van der Waals surface area contributed by atoms with Gasteiger partial charge in [0.2, 0.25) is 0 Å². The van der Waals surface area contributed by atoms with Crippen LogP contribution in [0.3, 0.4) is 0 Å². The monoisotopic (exact) mass is 368 g/mol. The van der Waals surface area contributed by atoms with Crippen LogP contribution in [-0.2, 0) is 0 Å². The molecule has 28 heavy (non-hydrogen) atoms. The minimum absolute atomic E-state index is 0.0223. The summed E-state index contributed by atoms with van der Waals surface area (Å²) < 4.78 is 27.1. The van der Waals surface area contributed by atoms with E-state index in [9.17, 15) is 5.11 Å². The average molecular weight is 368 g/mol. The van der Waals surface area contributed by atoms with Gasteiger partial charge in [0.15, 0.2) is 0 Å². The number of halogens is 1. The number of fused-ring (bicyclic) bond motifs is 6. The zero-order valence-corrected chi connectivity index (χ0v) is 14.6. The van der Waals surface area contributed by atoms with Gasteiger partial charge in [-0.05, 0) is 36.4 Å². The Kier molecular flexibility index (Phi) is 2.93. The molecule has 0 amide bonds. The minimum Gasteiger partial charge on any atom is -0.507 e. The van der Waals surface area contributed by atoms with Gasteiger partial charge in [0.25, 0.3) is 0 Å². The Morgan fingerprint density at radius 3 is 2.14 bits per heavy atom. The SMILES string of the molecule is Oc1ccc2oc3ccccc3c2c1-c1c(F)ccc2c1oc1ccccc12. The second kappa shape index (κ2) is 5.36. The summed E-state index contributed by atoms with van der Waals surface area (Å²) in [7, 11) is 0. The third-order valence-electron chi connectivity index (χ3n) is 5.27. The van der Waals surface area contributed by atoms with Crippen molar-refractivity contribution < 1.29 is 18.3 Å². The molecule has 4 aromatic carbocycles. The number of rotatable bonds is 1. The molecule has 0 fully saturated rings. The number of furan rings is 2. The van der Waals surface area contributed by atoms with Crippen LogP contribution in [0.25, 0.3) is 55.0 Å². The summed E-state index contributed by atoms with van der Waals surface area (Å²) in [6.07, 6.45) is 0. The normalized spacial score (nSPS) is 11.9. The van der Waals surface area contributed by atoms with Crippen LogP contribution in [0.15, 0.2) is 81.6 Å². The highest BCUT2D eigenvalue weighted by Gasteiger charge is 2.23. The smallest absolute Gasteiger partial charge is 0.146 e. The Balaban J connectivity index is 1.85. The fraction of sp³-hybridized carbons (Fsp3) is 0. The molecule has 6 rings (SSSR count). The summed E-state index contributed by atoms with van der Waals surface area (Å²) in [5, 5.41) is 13.9. The molecule has 0 aliphatic heterocycles. The highest BCUT2D eigenvalue weighted by atomic mass is 19.1. The van der Waals surface area contributed by atoms with Crippen molar-refractivity contribution in [2.24, 2.45) is 0 Å². The maximum atomic E-state index is 15.1. The number of para-hydroxylation sites is 2. The molecule has 134 valence electrons. The van der Waals surface area contributed by atoms with Gasteiger partial charge in [-0.1, -0.05) is 36.4 Å². The molecule has 3 nitrogen and oxygen atoms in total. The summed E-state index contributed by atoms with van der Waals surface area (Å²) in [5.74, 6) is -0.481. The van der Waals surface area contributed by atoms with Crippen molar-refractivity contribution in [3.8, 4) is 16.9 Å². The number of phenolic OH excluding ortho intramolecular Hbond substituents is 1. The van der Waals surface area contributed by atoms with Gasteiger partial charge in [0.05, 0.1) is 5.56 Å². The van der Waals surface area contributed by atoms with E-state index in [1.54, 1.807) is 12.1 Å². The maximum Gasteiger partial charge on any atom is 0.146 e. The van der Waals surface area contributed by atoms with E-state index >= 15 is 4.39 Å². The predicted molar refractivity (Wildman–Crippen MR) is 108 cm³/mol. The van der Waals surface area contributed by atoms with Crippen LogP contribution >= 0.6 is 0 Å². The molecule has 1 N–H and O–H groups in total. The standard InChI is InChI=1S/C24H13FO3/c25-16-10-9-14-13-5-1-3-7-18(13)28-24(14)22(16)23-17(26)11-12-20-21(23)15-6-2-4-8-19(15)27-20/h1-12,26H. The van der Waals surface area contributed by atoms with Gasteiger partial charge in [-0.3, -0.25) is 0 Å². The Hall–Kier alpha value is -3.79. The lowest BCUT2D eigenvalue weighted by Crippen LogP contribution is -1.88. The van der Waals surface area contributed by atoms with Crippen LogP contribution in [-0.4, -0.2) is 5.11 Å². The highest BCUT2D eigenvalue weighted by molar-refractivity contribution is 6.18. The Morgan fingerprint density at radius 1 is 0.607 bits per heavy atom. The molecule has 0 radical (unpaired) electrons. The lowest BCUT2D eigenvalue weighted by molar-refractivity contribution is 0.477. The van der Waals surface area contributed by atoms with E-state index in [1.807, 2.05) is 48.5 Å². The van der Waals surface area contributed by atoms with Gasteiger partial charge in [-0.25, -0.2) is 4.39 Å². The molecule has 0 saturated heterocycles. The molecule has 0 spiro atoms. The predicted octanol–water partition coefficient (Wildman–Crippen LogP) is 7.00. The quantitative estimate of drug-likeness (QED) is 0.340. The number of hydrogen-bond acceptors (Lipinski definition) is 3. The maximum absolute atomic E-state index is 15.1. The van der Waals surface area contributed by atoms with Crippen LogP contribution in [0, 0.1) is 5.82 Å². The average Bonchev–Trinajstić information content (AvgIpc) is 3.27. The van der Waals surface area contributed by atoms with E-state index in [4.69, 9.17) is 8.83 Å². The lowest BCUT2D eigenvalue weighted by Gasteiger charge is -2.09. The topological polar surface area (TPSA) is 46.5 Å². The van der Waals surface area contributed by atoms with Crippen molar-refractivity contribution in [2.45, 2.75) is 0 Å². The van der Waals surface area contributed by atoms with Gasteiger partial charge < -0.3 is 13.9 Å². The third-order valence-corrected chi connectivity index (χ3v) is 5.27. The second-order valence-electron chi connectivity index (χ2n) is 6.83. The number of benzene rings is 4. The Labute approximate surface area is 158 Å². The molecular weight excluding hydrogens is 355 g/mol. The Bertz CT molecular complexity index is 1540. The number of aromatic hydroxyl groups is 1. The van der Waals surface area contributed by atoms with Gasteiger partial charge in [0, 0.05) is 27.1 Å². The zero-order chi connectivity index (χ0) is 18.8. The molecule has 2 aromatic heterocycles. The lowest BCUT2D eigenvalue weighted by atomic mass is 9.96. The Morgan fingerprint density at radius 2 is 1.32 bits per heavy atom. The first-order chi connectivity index (χ1) is 13.7. The van der Waals surface area contributed by atoms with E-state index in [0.717, 1.165) is 16.2 Å². The van der Waals surface area contributed by atoms with Gasteiger partial charge in [0.1, 0.15) is 33.9 Å². The van der Waals surface area contributed by atoms with Gasteiger partial charge in [-0.15, -0.1) is 0 Å². The summed E-state index contributed by atoms with van der Waals surface area (Å²) in [6, 6.07) is 21.5. The van der Waals surface area contributed by atoms with Crippen molar-refractivity contribution in [3.05, 3.63) is 78.6 Å². The van der Waals surface area contributed by atoms with Crippen LogP contribution in [0.4, 0.5) is 4.39 Å². The van der Waals surface area contributed by atoms with Gasteiger partial charge in [-0.2, -0.15) is 0 Å².